The van der Waals surface area contributed by atoms with Crippen molar-refractivity contribution in [3.05, 3.63) is 53.1 Å². The third-order valence-electron chi connectivity index (χ3n) is 5.07. The van der Waals surface area contributed by atoms with Crippen molar-refractivity contribution in [1.29, 1.82) is 0 Å². The molecule has 0 aliphatic carbocycles. The van der Waals surface area contributed by atoms with E-state index in [1.54, 1.807) is 13.0 Å². The number of rotatable bonds is 9. The molecule has 0 saturated heterocycles. The first-order chi connectivity index (χ1) is 15.5. The molecule has 2 rings (SSSR count). The van der Waals surface area contributed by atoms with Crippen LogP contribution in [0.25, 0.3) is 0 Å². The average molecular weight is 461 g/mol. The van der Waals surface area contributed by atoms with Crippen molar-refractivity contribution >= 4 is 17.8 Å². The van der Waals surface area contributed by atoms with E-state index in [9.17, 15) is 18.8 Å². The summed E-state index contributed by atoms with van der Waals surface area (Å²) in [5.41, 5.74) is 1.46. The van der Waals surface area contributed by atoms with Crippen LogP contribution < -0.4 is 14.8 Å². The van der Waals surface area contributed by atoms with Gasteiger partial charge in [-0.15, -0.1) is 0 Å². The molecule has 0 spiro atoms. The number of nitrogens with one attached hydrogen (secondary N) is 1. The number of aryl methyl sites for hydroxylation is 1. The summed E-state index contributed by atoms with van der Waals surface area (Å²) >= 11 is 0. The zero-order valence-corrected chi connectivity index (χ0v) is 19.6. The Balaban J connectivity index is 2.09. The molecular formula is C24H29FN2O6. The summed E-state index contributed by atoms with van der Waals surface area (Å²) in [6.45, 7) is 8.31. The Labute approximate surface area is 192 Å². The van der Waals surface area contributed by atoms with Crippen molar-refractivity contribution in [3.8, 4) is 11.5 Å². The van der Waals surface area contributed by atoms with Gasteiger partial charge in [0.2, 0.25) is 5.75 Å². The summed E-state index contributed by atoms with van der Waals surface area (Å²) in [5.74, 6) is -2.42. The number of nitrogens with zero attached hydrogens (tertiary/aromatic N) is 1. The molecule has 8 nitrogen and oxygen atoms in total. The third kappa shape index (κ3) is 6.74. The van der Waals surface area contributed by atoms with E-state index in [1.807, 2.05) is 20.8 Å². The number of carbonyl (C=O) groups excluding carboxylic acids is 3. The quantitative estimate of drug-likeness (QED) is 0.571. The van der Waals surface area contributed by atoms with Crippen LogP contribution in [-0.4, -0.2) is 42.6 Å². The molecule has 33 heavy (non-hydrogen) atoms. The van der Waals surface area contributed by atoms with Crippen molar-refractivity contribution < 1.29 is 33.0 Å². The van der Waals surface area contributed by atoms with Crippen LogP contribution >= 0.6 is 0 Å². The molecule has 1 heterocycles. The van der Waals surface area contributed by atoms with Crippen LogP contribution in [-0.2, 0) is 14.3 Å². The number of hydrogen-bond donors (Lipinski definition) is 1. The second kappa shape index (κ2) is 11.4. The average Bonchev–Trinajstić information content (AvgIpc) is 2.73. The Hall–Kier alpha value is -3.49. The molecular weight excluding hydrogens is 431 g/mol. The summed E-state index contributed by atoms with van der Waals surface area (Å²) in [6.07, 6.45) is 0.796. The van der Waals surface area contributed by atoms with Crippen LogP contribution in [0.15, 0.2) is 30.5 Å². The zero-order chi connectivity index (χ0) is 24.7. The Kier molecular flexibility index (Phi) is 8.90. The lowest BCUT2D eigenvalue weighted by atomic mass is 9.82. The molecule has 1 aromatic heterocycles. The summed E-state index contributed by atoms with van der Waals surface area (Å²) < 4.78 is 29.2. The van der Waals surface area contributed by atoms with Crippen LogP contribution in [0.3, 0.4) is 0 Å². The maximum absolute atomic E-state index is 13.5. The van der Waals surface area contributed by atoms with Crippen molar-refractivity contribution in [2.45, 2.75) is 46.6 Å². The summed E-state index contributed by atoms with van der Waals surface area (Å²) in [6, 6.07) is 5.97. The molecule has 1 aromatic carbocycles. The highest BCUT2D eigenvalue weighted by Crippen LogP contribution is 2.32. The molecule has 0 saturated carbocycles. The van der Waals surface area contributed by atoms with Crippen molar-refractivity contribution in [2.24, 2.45) is 5.92 Å². The molecule has 1 N–H and O–H groups in total. The monoisotopic (exact) mass is 460 g/mol. The van der Waals surface area contributed by atoms with Gasteiger partial charge in [-0.2, -0.15) is 0 Å². The van der Waals surface area contributed by atoms with E-state index in [4.69, 9.17) is 14.2 Å². The maximum Gasteiger partial charge on any atom is 0.325 e. The second-order valence-corrected chi connectivity index (χ2v) is 7.93. The second-order valence-electron chi connectivity index (χ2n) is 7.93. The van der Waals surface area contributed by atoms with Gasteiger partial charge in [-0.1, -0.05) is 19.9 Å². The standard InChI is InChI=1S/C24H29FN2O6/c1-13(2)21(18-8-7-17(25)11-14(18)3)15(4)32-20(29)12-27-24(30)22-23(33-16(5)28)19(31-6)9-10-26-22/h7-11,13,15,21H,12H2,1-6H3,(H,27,30)/t15-,21+/m0/s1. The highest BCUT2D eigenvalue weighted by Gasteiger charge is 2.28. The minimum atomic E-state index is -0.732. The fourth-order valence-corrected chi connectivity index (χ4v) is 3.72. The number of benzene rings is 1. The van der Waals surface area contributed by atoms with Gasteiger partial charge in [-0.05, 0) is 43.0 Å². The van der Waals surface area contributed by atoms with E-state index >= 15 is 0 Å². The number of pyridine rings is 1. The van der Waals surface area contributed by atoms with Gasteiger partial charge >= 0.3 is 11.9 Å². The summed E-state index contributed by atoms with van der Waals surface area (Å²) in [4.78, 5) is 40.4. The molecule has 1 amide bonds. The lowest BCUT2D eigenvalue weighted by molar-refractivity contribution is -0.148. The van der Waals surface area contributed by atoms with Gasteiger partial charge in [0.15, 0.2) is 11.4 Å². The number of aromatic nitrogens is 1. The molecule has 0 aliphatic heterocycles. The molecule has 2 aromatic rings. The molecule has 0 radical (unpaired) electrons. The van der Waals surface area contributed by atoms with Crippen LogP contribution in [0.4, 0.5) is 4.39 Å². The smallest absolute Gasteiger partial charge is 0.325 e. The number of amides is 1. The van der Waals surface area contributed by atoms with E-state index in [0.29, 0.717) is 0 Å². The van der Waals surface area contributed by atoms with E-state index in [-0.39, 0.29) is 34.8 Å². The zero-order valence-electron chi connectivity index (χ0n) is 19.6. The molecule has 178 valence electrons. The van der Waals surface area contributed by atoms with Crippen molar-refractivity contribution in [3.63, 3.8) is 0 Å². The number of ether oxygens (including phenoxy) is 3. The molecule has 0 aliphatic rings. The topological polar surface area (TPSA) is 104 Å². The van der Waals surface area contributed by atoms with Gasteiger partial charge in [0.05, 0.1) is 7.11 Å². The van der Waals surface area contributed by atoms with Crippen LogP contribution in [0, 0.1) is 18.7 Å². The molecule has 0 fully saturated rings. The number of halogens is 1. The molecule has 9 heteroatoms. The lowest BCUT2D eigenvalue weighted by Crippen LogP contribution is -2.35. The van der Waals surface area contributed by atoms with Gasteiger partial charge in [0.25, 0.3) is 5.91 Å². The van der Waals surface area contributed by atoms with E-state index in [1.165, 1.54) is 38.4 Å². The number of hydrogen-bond acceptors (Lipinski definition) is 7. The van der Waals surface area contributed by atoms with Gasteiger partial charge in [0.1, 0.15) is 18.5 Å². The SMILES string of the molecule is COc1ccnc(C(=O)NCC(=O)O[C@@H](C)[C@H](c2ccc(F)cc2C)C(C)C)c1OC(C)=O. The predicted octanol–water partition coefficient (Wildman–Crippen LogP) is 3.56. The number of carbonyl (C=O) groups is 3. The number of esters is 2. The Morgan fingerprint density at radius 1 is 1.15 bits per heavy atom. The van der Waals surface area contributed by atoms with Crippen LogP contribution in [0.1, 0.15) is 55.2 Å². The Bertz CT molecular complexity index is 1020. The highest BCUT2D eigenvalue weighted by molar-refractivity contribution is 5.98. The minimum absolute atomic E-state index is 0.110. The van der Waals surface area contributed by atoms with E-state index in [0.717, 1.165) is 11.1 Å². The van der Waals surface area contributed by atoms with Crippen LogP contribution in [0.5, 0.6) is 11.5 Å². The lowest BCUT2D eigenvalue weighted by Gasteiger charge is -2.29. The van der Waals surface area contributed by atoms with Crippen molar-refractivity contribution in [1.82, 2.24) is 10.3 Å². The minimum Gasteiger partial charge on any atom is -0.493 e. The van der Waals surface area contributed by atoms with Gasteiger partial charge in [0, 0.05) is 25.1 Å². The molecule has 0 unspecified atom stereocenters. The highest BCUT2D eigenvalue weighted by atomic mass is 19.1. The van der Waals surface area contributed by atoms with E-state index < -0.39 is 30.5 Å². The third-order valence-corrected chi connectivity index (χ3v) is 5.07. The first kappa shape index (κ1) is 25.8. The van der Waals surface area contributed by atoms with Crippen molar-refractivity contribution in [2.75, 3.05) is 13.7 Å². The fourth-order valence-electron chi connectivity index (χ4n) is 3.72. The number of methoxy groups -OCH3 is 1. The largest absolute Gasteiger partial charge is 0.493 e. The molecule has 0 bridgehead atoms. The van der Waals surface area contributed by atoms with Gasteiger partial charge < -0.3 is 19.5 Å². The Morgan fingerprint density at radius 2 is 1.85 bits per heavy atom. The first-order valence-electron chi connectivity index (χ1n) is 10.5. The summed E-state index contributed by atoms with van der Waals surface area (Å²) in [5, 5.41) is 2.42. The maximum atomic E-state index is 13.5. The van der Waals surface area contributed by atoms with E-state index in [2.05, 4.69) is 10.3 Å². The fraction of sp³-hybridized carbons (Fsp3) is 0.417. The normalized spacial score (nSPS) is 12.6. The first-order valence-corrected chi connectivity index (χ1v) is 10.5. The Morgan fingerprint density at radius 3 is 2.42 bits per heavy atom. The van der Waals surface area contributed by atoms with Gasteiger partial charge in [-0.3, -0.25) is 14.4 Å². The molecule has 2 atom stereocenters. The van der Waals surface area contributed by atoms with Gasteiger partial charge in [-0.25, -0.2) is 9.37 Å². The predicted molar refractivity (Wildman–Crippen MR) is 119 cm³/mol. The van der Waals surface area contributed by atoms with Crippen LogP contribution in [0.2, 0.25) is 0 Å². The summed E-state index contributed by atoms with van der Waals surface area (Å²) in [7, 11) is 1.36.